The summed E-state index contributed by atoms with van der Waals surface area (Å²) in [5.41, 5.74) is 2.88. The third kappa shape index (κ3) is 3.46. The average Bonchev–Trinajstić information content (AvgIpc) is 3.05. The number of likely N-dealkylation sites (N-methyl/N-ethyl adjacent to an activating group) is 1. The van der Waals surface area contributed by atoms with Gasteiger partial charge < -0.3 is 14.4 Å². The van der Waals surface area contributed by atoms with E-state index in [9.17, 15) is 9.90 Å². The fourth-order valence-corrected chi connectivity index (χ4v) is 3.90. The minimum atomic E-state index is -1.09. The van der Waals surface area contributed by atoms with Gasteiger partial charge in [-0.1, -0.05) is 41.9 Å². The summed E-state index contributed by atoms with van der Waals surface area (Å²) in [4.78, 5) is 16.6. The van der Waals surface area contributed by atoms with Crippen LogP contribution in [0.3, 0.4) is 0 Å². The summed E-state index contributed by atoms with van der Waals surface area (Å²) in [6.07, 6.45) is 0. The van der Waals surface area contributed by atoms with Crippen LogP contribution in [0.15, 0.2) is 46.9 Å². The fourth-order valence-electron chi connectivity index (χ4n) is 3.67. The molecule has 1 aliphatic heterocycles. The van der Waals surface area contributed by atoms with Gasteiger partial charge in [-0.05, 0) is 24.7 Å². The first-order valence-electron chi connectivity index (χ1n) is 8.98. The number of fused-ring (bicyclic) bond motifs is 1. The zero-order chi connectivity index (χ0) is 19.0. The van der Waals surface area contributed by atoms with Crippen molar-refractivity contribution in [3.05, 3.63) is 58.8 Å². The van der Waals surface area contributed by atoms with Crippen molar-refractivity contribution in [3.63, 3.8) is 0 Å². The zero-order valence-corrected chi connectivity index (χ0v) is 15.9. The highest BCUT2D eigenvalue weighted by atomic mass is 35.5. The second-order valence-corrected chi connectivity index (χ2v) is 7.37. The molecular weight excluding hydrogens is 364 g/mol. The van der Waals surface area contributed by atoms with Gasteiger partial charge in [0, 0.05) is 54.3 Å². The molecule has 1 saturated heterocycles. The number of piperazine rings is 1. The summed E-state index contributed by atoms with van der Waals surface area (Å²) in [5, 5.41) is 11.1. The lowest BCUT2D eigenvalue weighted by Crippen LogP contribution is -2.43. The van der Waals surface area contributed by atoms with Crippen molar-refractivity contribution >= 4 is 28.5 Å². The van der Waals surface area contributed by atoms with E-state index in [1.807, 2.05) is 36.4 Å². The first kappa shape index (κ1) is 18.0. The molecule has 5 nitrogen and oxygen atoms in total. The predicted octanol–water partition coefficient (Wildman–Crippen LogP) is 4.20. The summed E-state index contributed by atoms with van der Waals surface area (Å²) in [6, 6.07) is 13.1. The molecule has 3 aromatic rings. The number of carboxylic acid groups (broad SMARTS) is 1. The van der Waals surface area contributed by atoms with Crippen LogP contribution in [0, 0.1) is 0 Å². The monoisotopic (exact) mass is 384 g/mol. The SMILES string of the molecule is CN1CCN(Cc2cccc3oc(C(=O)O)c(-c4ccccc4Cl)c23)CC1. The van der Waals surface area contributed by atoms with Crippen molar-refractivity contribution in [1.29, 1.82) is 0 Å². The average molecular weight is 385 g/mol. The molecule has 2 heterocycles. The number of benzene rings is 2. The smallest absolute Gasteiger partial charge is 0.372 e. The number of halogens is 1. The summed E-state index contributed by atoms with van der Waals surface area (Å²) >= 11 is 6.40. The van der Waals surface area contributed by atoms with Crippen LogP contribution < -0.4 is 0 Å². The molecule has 140 valence electrons. The van der Waals surface area contributed by atoms with Crippen molar-refractivity contribution < 1.29 is 14.3 Å². The van der Waals surface area contributed by atoms with E-state index < -0.39 is 5.97 Å². The number of hydrogen-bond acceptors (Lipinski definition) is 4. The van der Waals surface area contributed by atoms with Gasteiger partial charge in [0.25, 0.3) is 0 Å². The van der Waals surface area contributed by atoms with Crippen molar-refractivity contribution in [2.75, 3.05) is 33.2 Å². The molecule has 1 N–H and O–H groups in total. The van der Waals surface area contributed by atoms with Crippen LogP contribution in [0.1, 0.15) is 16.1 Å². The Hall–Kier alpha value is -2.34. The largest absolute Gasteiger partial charge is 0.475 e. The van der Waals surface area contributed by atoms with Gasteiger partial charge >= 0.3 is 5.97 Å². The molecule has 27 heavy (non-hydrogen) atoms. The lowest BCUT2D eigenvalue weighted by molar-refractivity contribution is 0.0666. The van der Waals surface area contributed by atoms with Gasteiger partial charge in [0.05, 0.1) is 0 Å². The molecule has 6 heteroatoms. The van der Waals surface area contributed by atoms with Gasteiger partial charge in [-0.25, -0.2) is 4.79 Å². The Kier molecular flexibility index (Phi) is 4.91. The second-order valence-electron chi connectivity index (χ2n) is 6.96. The van der Waals surface area contributed by atoms with E-state index in [2.05, 4.69) is 16.8 Å². The topological polar surface area (TPSA) is 56.9 Å². The summed E-state index contributed by atoms with van der Waals surface area (Å²) in [5.74, 6) is -1.16. The Morgan fingerprint density at radius 1 is 1.11 bits per heavy atom. The first-order chi connectivity index (χ1) is 13.0. The van der Waals surface area contributed by atoms with Gasteiger partial charge in [-0.3, -0.25) is 4.90 Å². The molecule has 0 aliphatic carbocycles. The maximum atomic E-state index is 11.9. The van der Waals surface area contributed by atoms with Gasteiger partial charge in [0.15, 0.2) is 0 Å². The van der Waals surface area contributed by atoms with Crippen molar-refractivity contribution in [1.82, 2.24) is 9.80 Å². The molecule has 0 atom stereocenters. The standard InChI is InChI=1S/C21H21ClN2O3/c1-23-9-11-24(12-10-23)13-14-5-4-8-17-18(14)19(20(27-17)21(25)26)15-6-2-3-7-16(15)22/h2-8H,9-13H2,1H3,(H,25,26). The van der Waals surface area contributed by atoms with Crippen molar-refractivity contribution in [2.24, 2.45) is 0 Å². The first-order valence-corrected chi connectivity index (χ1v) is 9.36. The molecule has 4 rings (SSSR count). The molecule has 1 aliphatic rings. The number of nitrogens with zero attached hydrogens (tertiary/aromatic N) is 2. The van der Waals surface area contributed by atoms with E-state index in [4.69, 9.17) is 16.0 Å². The quantitative estimate of drug-likeness (QED) is 0.730. The number of aromatic carboxylic acids is 1. The van der Waals surface area contributed by atoms with E-state index in [1.165, 1.54) is 0 Å². The molecule has 1 aromatic heterocycles. The van der Waals surface area contributed by atoms with Gasteiger partial charge in [-0.15, -0.1) is 0 Å². The Bertz CT molecular complexity index is 990. The van der Waals surface area contributed by atoms with E-state index in [-0.39, 0.29) is 5.76 Å². The van der Waals surface area contributed by atoms with Crippen molar-refractivity contribution in [2.45, 2.75) is 6.54 Å². The van der Waals surface area contributed by atoms with Gasteiger partial charge in [0.1, 0.15) is 5.58 Å². The Morgan fingerprint density at radius 3 is 2.56 bits per heavy atom. The highest BCUT2D eigenvalue weighted by molar-refractivity contribution is 6.34. The summed E-state index contributed by atoms with van der Waals surface area (Å²) < 4.78 is 5.73. The lowest BCUT2D eigenvalue weighted by atomic mass is 9.98. The van der Waals surface area contributed by atoms with Crippen LogP contribution >= 0.6 is 11.6 Å². The van der Waals surface area contributed by atoms with E-state index >= 15 is 0 Å². The molecule has 0 saturated carbocycles. The number of carbonyl (C=O) groups is 1. The lowest BCUT2D eigenvalue weighted by Gasteiger charge is -2.32. The van der Waals surface area contributed by atoms with E-state index in [0.717, 1.165) is 43.7 Å². The fraction of sp³-hybridized carbons (Fsp3) is 0.286. The Balaban J connectivity index is 1.86. The molecule has 1 fully saturated rings. The van der Waals surface area contributed by atoms with Crippen LogP contribution in [0.4, 0.5) is 0 Å². The highest BCUT2D eigenvalue weighted by Crippen LogP contribution is 2.40. The van der Waals surface area contributed by atoms with Crippen LogP contribution in [0.5, 0.6) is 0 Å². The minimum absolute atomic E-state index is 0.0658. The maximum Gasteiger partial charge on any atom is 0.372 e. The Morgan fingerprint density at radius 2 is 1.85 bits per heavy atom. The number of rotatable bonds is 4. The van der Waals surface area contributed by atoms with E-state index in [1.54, 1.807) is 6.07 Å². The van der Waals surface area contributed by atoms with Crippen LogP contribution in [0.25, 0.3) is 22.1 Å². The second kappa shape index (κ2) is 7.35. The summed E-state index contributed by atoms with van der Waals surface area (Å²) in [6.45, 7) is 4.77. The number of carboxylic acids is 1. The molecule has 0 amide bonds. The number of furan rings is 1. The van der Waals surface area contributed by atoms with Gasteiger partial charge in [-0.2, -0.15) is 0 Å². The molecular formula is C21H21ClN2O3. The van der Waals surface area contributed by atoms with Crippen LogP contribution in [-0.2, 0) is 6.54 Å². The third-order valence-corrected chi connectivity index (χ3v) is 5.46. The minimum Gasteiger partial charge on any atom is -0.475 e. The third-order valence-electron chi connectivity index (χ3n) is 5.13. The van der Waals surface area contributed by atoms with Gasteiger partial charge in [0.2, 0.25) is 5.76 Å². The van der Waals surface area contributed by atoms with Crippen LogP contribution in [0.2, 0.25) is 5.02 Å². The van der Waals surface area contributed by atoms with E-state index in [0.29, 0.717) is 21.7 Å². The van der Waals surface area contributed by atoms with Crippen LogP contribution in [-0.4, -0.2) is 54.1 Å². The number of hydrogen-bond donors (Lipinski definition) is 1. The normalized spacial score (nSPS) is 16.1. The molecule has 0 spiro atoms. The Labute approximate surface area is 162 Å². The molecule has 2 aromatic carbocycles. The maximum absolute atomic E-state index is 11.9. The van der Waals surface area contributed by atoms with Crippen molar-refractivity contribution in [3.8, 4) is 11.1 Å². The zero-order valence-electron chi connectivity index (χ0n) is 15.1. The summed E-state index contributed by atoms with van der Waals surface area (Å²) in [7, 11) is 2.13. The highest BCUT2D eigenvalue weighted by Gasteiger charge is 2.25. The molecule has 0 radical (unpaired) electrons. The molecule has 0 bridgehead atoms. The predicted molar refractivity (Wildman–Crippen MR) is 106 cm³/mol. The molecule has 0 unspecified atom stereocenters.